The van der Waals surface area contributed by atoms with E-state index in [4.69, 9.17) is 10.2 Å². The molecule has 70 valence electrons. The first-order chi connectivity index (χ1) is 6.07. The molecule has 0 spiro atoms. The smallest absolute Gasteiger partial charge is 0.339 e. The number of rotatable bonds is 2. The monoisotopic (exact) mass is 294 g/mol. The SMILES string of the molecule is O=C(O)c1c(CI)ccc(O)c1O. The molecule has 0 aromatic heterocycles. The number of benzene rings is 1. The number of hydrogen-bond donors (Lipinski definition) is 3. The zero-order valence-electron chi connectivity index (χ0n) is 6.49. The number of aromatic carboxylic acids is 1. The van der Waals surface area contributed by atoms with Crippen LogP contribution in [0.2, 0.25) is 0 Å². The lowest BCUT2D eigenvalue weighted by Gasteiger charge is -2.06. The number of carbonyl (C=O) groups is 1. The first kappa shape index (κ1) is 10.1. The van der Waals surface area contributed by atoms with E-state index < -0.39 is 17.5 Å². The topological polar surface area (TPSA) is 77.8 Å². The number of halogens is 1. The summed E-state index contributed by atoms with van der Waals surface area (Å²) in [6.07, 6.45) is 0. The van der Waals surface area contributed by atoms with Crippen molar-refractivity contribution in [2.75, 3.05) is 0 Å². The van der Waals surface area contributed by atoms with Crippen molar-refractivity contribution in [1.82, 2.24) is 0 Å². The number of carboxylic acids is 1. The van der Waals surface area contributed by atoms with Gasteiger partial charge in [-0.15, -0.1) is 0 Å². The predicted octanol–water partition coefficient (Wildman–Crippen LogP) is 1.73. The molecule has 0 amide bonds. The molecule has 0 aliphatic heterocycles. The molecule has 0 bridgehead atoms. The van der Waals surface area contributed by atoms with Gasteiger partial charge in [-0.2, -0.15) is 0 Å². The highest BCUT2D eigenvalue weighted by atomic mass is 127. The van der Waals surface area contributed by atoms with Gasteiger partial charge in [-0.05, 0) is 11.6 Å². The van der Waals surface area contributed by atoms with Gasteiger partial charge in [0.1, 0.15) is 5.56 Å². The molecule has 0 fully saturated rings. The van der Waals surface area contributed by atoms with Crippen LogP contribution >= 0.6 is 22.6 Å². The highest BCUT2D eigenvalue weighted by Crippen LogP contribution is 2.32. The van der Waals surface area contributed by atoms with Gasteiger partial charge >= 0.3 is 5.97 Å². The van der Waals surface area contributed by atoms with Crippen LogP contribution in [-0.2, 0) is 4.43 Å². The fourth-order valence-corrected chi connectivity index (χ4v) is 1.61. The number of aromatic hydroxyl groups is 2. The zero-order valence-corrected chi connectivity index (χ0v) is 8.65. The average molecular weight is 294 g/mol. The summed E-state index contributed by atoms with van der Waals surface area (Å²) < 4.78 is 0.466. The Balaban J connectivity index is 3.41. The minimum absolute atomic E-state index is 0.227. The second-order valence-corrected chi connectivity index (χ2v) is 3.17. The lowest BCUT2D eigenvalue weighted by Crippen LogP contribution is -2.01. The molecule has 5 heteroatoms. The van der Waals surface area contributed by atoms with E-state index in [-0.39, 0.29) is 5.56 Å². The number of alkyl halides is 1. The number of phenolic OH excluding ortho intramolecular Hbond substituents is 1. The van der Waals surface area contributed by atoms with Crippen molar-refractivity contribution in [2.24, 2.45) is 0 Å². The van der Waals surface area contributed by atoms with Crippen molar-refractivity contribution >= 4 is 28.6 Å². The summed E-state index contributed by atoms with van der Waals surface area (Å²) in [4.78, 5) is 10.7. The molecule has 0 aliphatic rings. The molecule has 0 aliphatic carbocycles. The molecular formula is C8H7IO4. The maximum atomic E-state index is 10.7. The van der Waals surface area contributed by atoms with E-state index in [0.717, 1.165) is 0 Å². The van der Waals surface area contributed by atoms with Crippen LogP contribution in [0.1, 0.15) is 15.9 Å². The molecule has 13 heavy (non-hydrogen) atoms. The van der Waals surface area contributed by atoms with Gasteiger partial charge in [0.15, 0.2) is 11.5 Å². The average Bonchev–Trinajstić information content (AvgIpc) is 2.08. The Kier molecular flexibility index (Phi) is 2.97. The largest absolute Gasteiger partial charge is 0.504 e. The third-order valence-electron chi connectivity index (χ3n) is 1.60. The van der Waals surface area contributed by atoms with Crippen LogP contribution in [0.25, 0.3) is 0 Å². The Morgan fingerprint density at radius 3 is 2.46 bits per heavy atom. The molecule has 0 heterocycles. The minimum Gasteiger partial charge on any atom is -0.504 e. The molecule has 0 atom stereocenters. The highest BCUT2D eigenvalue weighted by molar-refractivity contribution is 14.1. The maximum Gasteiger partial charge on any atom is 0.339 e. The van der Waals surface area contributed by atoms with Crippen LogP contribution < -0.4 is 0 Å². The second kappa shape index (κ2) is 3.82. The number of phenols is 2. The van der Waals surface area contributed by atoms with Gasteiger partial charge in [0.05, 0.1) is 0 Å². The van der Waals surface area contributed by atoms with Crippen LogP contribution in [-0.4, -0.2) is 21.3 Å². The predicted molar refractivity (Wildman–Crippen MR) is 54.5 cm³/mol. The van der Waals surface area contributed by atoms with Crippen molar-refractivity contribution in [3.8, 4) is 11.5 Å². The normalized spacial score (nSPS) is 9.92. The molecule has 4 nitrogen and oxygen atoms in total. The Labute approximate surface area is 88.0 Å². The standard InChI is InChI=1S/C8H7IO4/c9-3-4-1-2-5(10)7(11)6(4)8(12)13/h1-2,10-11H,3H2,(H,12,13). The molecule has 0 unspecified atom stereocenters. The summed E-state index contributed by atoms with van der Waals surface area (Å²) in [6, 6.07) is 2.75. The maximum absolute atomic E-state index is 10.7. The van der Waals surface area contributed by atoms with E-state index in [0.29, 0.717) is 9.99 Å². The van der Waals surface area contributed by atoms with Gasteiger partial charge in [-0.25, -0.2) is 4.79 Å². The molecule has 1 aromatic carbocycles. The quantitative estimate of drug-likeness (QED) is 0.441. The number of carboxylic acid groups (broad SMARTS) is 1. The first-order valence-corrected chi connectivity index (χ1v) is 4.93. The van der Waals surface area contributed by atoms with Crippen LogP contribution in [0.4, 0.5) is 0 Å². The molecular weight excluding hydrogens is 287 g/mol. The van der Waals surface area contributed by atoms with Gasteiger partial charge in [0.2, 0.25) is 0 Å². The van der Waals surface area contributed by atoms with Crippen molar-refractivity contribution < 1.29 is 20.1 Å². The lowest BCUT2D eigenvalue weighted by molar-refractivity contribution is 0.0692. The van der Waals surface area contributed by atoms with Gasteiger partial charge < -0.3 is 15.3 Å². The van der Waals surface area contributed by atoms with Crippen molar-refractivity contribution in [2.45, 2.75) is 4.43 Å². The van der Waals surface area contributed by atoms with Crippen LogP contribution in [0.3, 0.4) is 0 Å². The van der Waals surface area contributed by atoms with E-state index in [9.17, 15) is 9.90 Å². The summed E-state index contributed by atoms with van der Waals surface area (Å²) in [5, 5.41) is 27.0. The van der Waals surface area contributed by atoms with Crippen LogP contribution in [0, 0.1) is 0 Å². The summed E-state index contributed by atoms with van der Waals surface area (Å²) in [6.45, 7) is 0. The van der Waals surface area contributed by atoms with Crippen LogP contribution in [0.5, 0.6) is 11.5 Å². The fraction of sp³-hybridized carbons (Fsp3) is 0.125. The second-order valence-electron chi connectivity index (χ2n) is 2.41. The summed E-state index contributed by atoms with van der Waals surface area (Å²) >= 11 is 1.98. The molecule has 1 rings (SSSR count). The highest BCUT2D eigenvalue weighted by Gasteiger charge is 2.17. The van der Waals surface area contributed by atoms with E-state index in [1.165, 1.54) is 12.1 Å². The van der Waals surface area contributed by atoms with Gasteiger partial charge in [-0.3, -0.25) is 0 Å². The van der Waals surface area contributed by atoms with E-state index in [1.807, 2.05) is 22.6 Å². The Hall–Kier alpha value is -0.980. The van der Waals surface area contributed by atoms with Crippen LogP contribution in [0.15, 0.2) is 12.1 Å². The van der Waals surface area contributed by atoms with Crippen molar-refractivity contribution in [3.63, 3.8) is 0 Å². The first-order valence-electron chi connectivity index (χ1n) is 3.41. The fourth-order valence-electron chi connectivity index (χ4n) is 0.972. The Morgan fingerprint density at radius 2 is 2.00 bits per heavy atom. The summed E-state index contributed by atoms with van der Waals surface area (Å²) in [5.74, 6) is -2.22. The van der Waals surface area contributed by atoms with Gasteiger partial charge in [-0.1, -0.05) is 28.7 Å². The molecule has 0 radical (unpaired) electrons. The van der Waals surface area contributed by atoms with E-state index in [1.54, 1.807) is 0 Å². The molecule has 0 saturated heterocycles. The third kappa shape index (κ3) is 1.85. The lowest BCUT2D eigenvalue weighted by atomic mass is 10.1. The van der Waals surface area contributed by atoms with Gasteiger partial charge in [0.25, 0.3) is 0 Å². The minimum atomic E-state index is -1.24. The summed E-state index contributed by atoms with van der Waals surface area (Å²) in [5.41, 5.74) is 0.262. The summed E-state index contributed by atoms with van der Waals surface area (Å²) in [7, 11) is 0. The Morgan fingerprint density at radius 1 is 1.38 bits per heavy atom. The molecule has 3 N–H and O–H groups in total. The van der Waals surface area contributed by atoms with E-state index >= 15 is 0 Å². The molecule has 0 saturated carbocycles. The zero-order chi connectivity index (χ0) is 10.0. The van der Waals surface area contributed by atoms with Gasteiger partial charge in [0, 0.05) is 4.43 Å². The van der Waals surface area contributed by atoms with Crippen molar-refractivity contribution in [3.05, 3.63) is 23.3 Å². The molecule has 1 aromatic rings. The van der Waals surface area contributed by atoms with E-state index in [2.05, 4.69) is 0 Å². The third-order valence-corrected chi connectivity index (χ3v) is 2.42. The van der Waals surface area contributed by atoms with Crippen molar-refractivity contribution in [1.29, 1.82) is 0 Å². The number of hydrogen-bond acceptors (Lipinski definition) is 3. The Bertz CT molecular complexity index is 348.